The van der Waals surface area contributed by atoms with Crippen molar-refractivity contribution in [2.24, 2.45) is 0 Å². The van der Waals surface area contributed by atoms with Crippen molar-refractivity contribution in [2.45, 2.75) is 45.3 Å². The highest BCUT2D eigenvalue weighted by molar-refractivity contribution is 6.30. The first kappa shape index (κ1) is 22.0. The van der Waals surface area contributed by atoms with Gasteiger partial charge < -0.3 is 15.5 Å². The van der Waals surface area contributed by atoms with Gasteiger partial charge in [0, 0.05) is 25.1 Å². The zero-order valence-corrected chi connectivity index (χ0v) is 18.7. The van der Waals surface area contributed by atoms with E-state index in [4.69, 9.17) is 11.6 Å². The number of ketones is 1. The number of aromatic nitrogens is 1. The van der Waals surface area contributed by atoms with Gasteiger partial charge in [0.15, 0.2) is 5.78 Å². The van der Waals surface area contributed by atoms with Crippen molar-refractivity contribution in [1.82, 2.24) is 15.2 Å². The number of nitrogens with zero attached hydrogens (tertiary/aromatic N) is 2. The van der Waals surface area contributed by atoms with Crippen LogP contribution in [0.25, 0.3) is 0 Å². The molecule has 2 aromatic rings. The monoisotopic (exact) mass is 452 g/mol. The molecule has 2 aliphatic rings. The van der Waals surface area contributed by atoms with E-state index in [-0.39, 0.29) is 30.2 Å². The molecule has 1 atom stereocenters. The Morgan fingerprint density at radius 1 is 1.28 bits per heavy atom. The van der Waals surface area contributed by atoms with E-state index in [0.29, 0.717) is 42.5 Å². The van der Waals surface area contributed by atoms with E-state index in [9.17, 15) is 14.4 Å². The number of carbonyl (C=O) groups excluding carboxylic acids is 3. The van der Waals surface area contributed by atoms with Gasteiger partial charge in [-0.2, -0.15) is 0 Å². The van der Waals surface area contributed by atoms with Crippen LogP contribution in [0, 0.1) is 6.92 Å². The molecule has 4 rings (SSSR count). The summed E-state index contributed by atoms with van der Waals surface area (Å²) in [4.78, 5) is 43.3. The van der Waals surface area contributed by atoms with E-state index in [0.717, 1.165) is 28.7 Å². The third-order valence-corrected chi connectivity index (χ3v) is 6.28. The Morgan fingerprint density at radius 3 is 2.84 bits per heavy atom. The summed E-state index contributed by atoms with van der Waals surface area (Å²) in [7, 11) is 0. The van der Waals surface area contributed by atoms with Gasteiger partial charge in [0.2, 0.25) is 5.91 Å². The second kappa shape index (κ2) is 9.12. The summed E-state index contributed by atoms with van der Waals surface area (Å²) in [6.07, 6.45) is 1.75. The van der Waals surface area contributed by atoms with Gasteiger partial charge in [-0.05, 0) is 48.6 Å². The van der Waals surface area contributed by atoms with E-state index in [1.807, 2.05) is 25.1 Å². The Labute approximate surface area is 191 Å². The van der Waals surface area contributed by atoms with Crippen molar-refractivity contribution in [3.63, 3.8) is 0 Å². The van der Waals surface area contributed by atoms with E-state index in [2.05, 4.69) is 22.2 Å². The predicted molar refractivity (Wildman–Crippen MR) is 122 cm³/mol. The minimum absolute atomic E-state index is 0.0618. The molecule has 1 aromatic heterocycles. The zero-order valence-electron chi connectivity index (χ0n) is 17.9. The lowest BCUT2D eigenvalue weighted by molar-refractivity contribution is -0.124. The number of pyridine rings is 1. The van der Waals surface area contributed by atoms with Crippen molar-refractivity contribution < 1.29 is 14.4 Å². The molecular weight excluding hydrogens is 428 g/mol. The molecule has 2 amide bonds. The van der Waals surface area contributed by atoms with E-state index >= 15 is 0 Å². The first-order chi connectivity index (χ1) is 15.3. The average Bonchev–Trinajstić information content (AvgIpc) is 3.08. The molecule has 2 heterocycles. The van der Waals surface area contributed by atoms with Crippen LogP contribution in [0.2, 0.25) is 5.15 Å². The Hall–Kier alpha value is -3.19. The number of fused-ring (bicyclic) bond motifs is 1. The number of rotatable bonds is 6. The van der Waals surface area contributed by atoms with Gasteiger partial charge in [0.25, 0.3) is 5.91 Å². The molecule has 0 saturated heterocycles. The van der Waals surface area contributed by atoms with Gasteiger partial charge in [-0.3, -0.25) is 14.4 Å². The molecule has 8 heteroatoms. The zero-order chi connectivity index (χ0) is 22.8. The lowest BCUT2D eigenvalue weighted by Gasteiger charge is -2.30. The fraction of sp³-hybridized carbons (Fsp3) is 0.333. The molecule has 1 unspecified atom stereocenters. The lowest BCUT2D eigenvalue weighted by atomic mass is 9.90. The smallest absolute Gasteiger partial charge is 0.255 e. The fourth-order valence-corrected chi connectivity index (χ4v) is 4.23. The number of amides is 2. The maximum absolute atomic E-state index is 12.8. The van der Waals surface area contributed by atoms with Gasteiger partial charge in [-0.25, -0.2) is 4.98 Å². The number of allylic oxidation sites excluding steroid dienone is 1. The minimum atomic E-state index is -0.376. The normalized spacial score (nSPS) is 18.0. The summed E-state index contributed by atoms with van der Waals surface area (Å²) >= 11 is 6.00. The van der Waals surface area contributed by atoms with Gasteiger partial charge in [0.1, 0.15) is 11.0 Å². The number of halogens is 1. The highest BCUT2D eigenvalue weighted by Crippen LogP contribution is 2.31. The van der Waals surface area contributed by atoms with Crippen LogP contribution in [0.3, 0.4) is 0 Å². The van der Waals surface area contributed by atoms with Gasteiger partial charge in [-0.1, -0.05) is 42.0 Å². The second-order valence-electron chi connectivity index (χ2n) is 8.31. The van der Waals surface area contributed by atoms with Crippen molar-refractivity contribution >= 4 is 35.0 Å². The molecule has 0 radical (unpaired) electrons. The van der Waals surface area contributed by atoms with E-state index < -0.39 is 0 Å². The summed E-state index contributed by atoms with van der Waals surface area (Å²) in [6.45, 7) is 6.58. The molecule has 1 fully saturated rings. The summed E-state index contributed by atoms with van der Waals surface area (Å²) in [5.41, 5.74) is 4.21. The number of Topliss-reactive ketones (excluding diaryl/α,β-unsaturated/α-hetero) is 1. The summed E-state index contributed by atoms with van der Waals surface area (Å²) < 4.78 is 0. The molecule has 1 saturated carbocycles. The molecule has 1 aromatic carbocycles. The standard InChI is InChI=1S/C24H25ClN4O3/c1-14-3-7-19(20(30)9-14)29-13-17-10-16(5-6-18(17)24(29)32)11-27-22(31)12-26-21-8-4-15(2)23(25)28-21/h4-6,8,10,19H,1,3,7,9,11-13H2,2H3,(H,26,28)(H,27,31). The van der Waals surface area contributed by atoms with Crippen LogP contribution in [-0.2, 0) is 22.7 Å². The van der Waals surface area contributed by atoms with E-state index in [1.54, 1.807) is 17.0 Å². The molecule has 1 aliphatic heterocycles. The molecule has 1 aliphatic carbocycles. The van der Waals surface area contributed by atoms with Crippen molar-refractivity contribution in [2.75, 3.05) is 11.9 Å². The van der Waals surface area contributed by atoms with E-state index in [1.165, 1.54) is 0 Å². The molecular formula is C24H25ClN4O3. The largest absolute Gasteiger partial charge is 0.361 e. The Bertz CT molecular complexity index is 1110. The molecule has 166 valence electrons. The predicted octanol–water partition coefficient (Wildman–Crippen LogP) is 3.41. The number of nitrogens with one attached hydrogen (secondary N) is 2. The first-order valence-corrected chi connectivity index (χ1v) is 11.0. The second-order valence-corrected chi connectivity index (χ2v) is 8.66. The third-order valence-electron chi connectivity index (χ3n) is 5.90. The number of benzene rings is 1. The molecule has 2 N–H and O–H groups in total. The van der Waals surface area contributed by atoms with Crippen molar-refractivity contribution in [3.8, 4) is 0 Å². The van der Waals surface area contributed by atoms with Crippen LogP contribution in [0.15, 0.2) is 42.5 Å². The number of hydrogen-bond acceptors (Lipinski definition) is 5. The maximum atomic E-state index is 12.8. The van der Waals surface area contributed by atoms with Crippen molar-refractivity contribution in [3.05, 3.63) is 69.9 Å². The molecule has 0 spiro atoms. The molecule has 0 bridgehead atoms. The third kappa shape index (κ3) is 4.67. The van der Waals surface area contributed by atoms with Gasteiger partial charge >= 0.3 is 0 Å². The first-order valence-electron chi connectivity index (χ1n) is 10.6. The van der Waals surface area contributed by atoms with Crippen molar-refractivity contribution in [1.29, 1.82) is 0 Å². The number of aryl methyl sites for hydroxylation is 1. The lowest BCUT2D eigenvalue weighted by Crippen LogP contribution is -2.43. The van der Waals surface area contributed by atoms with Crippen LogP contribution in [0.4, 0.5) is 5.82 Å². The molecule has 32 heavy (non-hydrogen) atoms. The van der Waals surface area contributed by atoms with Crippen LogP contribution in [0.1, 0.15) is 46.3 Å². The van der Waals surface area contributed by atoms with Gasteiger partial charge in [0.05, 0.1) is 12.6 Å². The number of carbonyl (C=O) groups is 3. The number of anilines is 1. The summed E-state index contributed by atoms with van der Waals surface area (Å²) in [5.74, 6) is 0.309. The highest BCUT2D eigenvalue weighted by Gasteiger charge is 2.37. The number of hydrogen-bond donors (Lipinski definition) is 2. The summed E-state index contributed by atoms with van der Waals surface area (Å²) in [5, 5.41) is 6.21. The van der Waals surface area contributed by atoms with Crippen LogP contribution < -0.4 is 10.6 Å². The topological polar surface area (TPSA) is 91.4 Å². The highest BCUT2D eigenvalue weighted by atomic mass is 35.5. The van der Waals surface area contributed by atoms with Crippen LogP contribution in [-0.4, -0.2) is 40.1 Å². The SMILES string of the molecule is C=C1CCC(N2Cc3cc(CNC(=O)CNc4ccc(C)c(Cl)n4)ccc3C2=O)C(=O)C1. The average molecular weight is 453 g/mol. The Morgan fingerprint density at radius 2 is 2.09 bits per heavy atom. The Kier molecular flexibility index (Phi) is 6.28. The quantitative estimate of drug-likeness (QED) is 0.517. The van der Waals surface area contributed by atoms with Crippen LogP contribution >= 0.6 is 11.6 Å². The fourth-order valence-electron chi connectivity index (χ4n) is 4.08. The molecule has 7 nitrogen and oxygen atoms in total. The Balaban J connectivity index is 1.33. The van der Waals surface area contributed by atoms with Gasteiger partial charge in [-0.15, -0.1) is 0 Å². The maximum Gasteiger partial charge on any atom is 0.255 e. The summed E-state index contributed by atoms with van der Waals surface area (Å²) in [6, 6.07) is 8.77. The van der Waals surface area contributed by atoms with Crippen LogP contribution in [0.5, 0.6) is 0 Å². The minimum Gasteiger partial charge on any atom is -0.361 e.